The van der Waals surface area contributed by atoms with E-state index < -0.39 is 0 Å². The number of benzene rings is 1. The van der Waals surface area contributed by atoms with Gasteiger partial charge in [-0.1, -0.05) is 12.1 Å². The van der Waals surface area contributed by atoms with Crippen molar-refractivity contribution in [3.63, 3.8) is 0 Å². The minimum atomic E-state index is 0.260. The van der Waals surface area contributed by atoms with E-state index in [9.17, 15) is 4.79 Å². The number of fused-ring (bicyclic) bond motifs is 1. The lowest BCUT2D eigenvalue weighted by atomic mass is 9.89. The highest BCUT2D eigenvalue weighted by molar-refractivity contribution is 6.01. The Morgan fingerprint density at radius 1 is 1.21 bits per heavy atom. The fraction of sp³-hybridized carbons (Fsp3) is 0.312. The van der Waals surface area contributed by atoms with Crippen LogP contribution in [-0.4, -0.2) is 17.9 Å². The predicted molar refractivity (Wildman–Crippen MR) is 74.8 cm³/mol. The molecular formula is C16H17NO2. The van der Waals surface area contributed by atoms with Crippen LogP contribution < -0.4 is 4.74 Å². The van der Waals surface area contributed by atoms with Gasteiger partial charge in [-0.25, -0.2) is 0 Å². The second-order valence-corrected chi connectivity index (χ2v) is 4.96. The summed E-state index contributed by atoms with van der Waals surface area (Å²) < 4.78 is 5.42. The summed E-state index contributed by atoms with van der Waals surface area (Å²) in [6, 6.07) is 7.92. The molecule has 0 saturated carbocycles. The van der Waals surface area contributed by atoms with Gasteiger partial charge in [-0.3, -0.25) is 4.79 Å². The van der Waals surface area contributed by atoms with E-state index in [1.807, 2.05) is 31.2 Å². The number of hydrogen-bond donors (Lipinski definition) is 1. The van der Waals surface area contributed by atoms with E-state index in [0.717, 1.165) is 46.7 Å². The van der Waals surface area contributed by atoms with Crippen LogP contribution in [0, 0.1) is 6.92 Å². The van der Waals surface area contributed by atoms with E-state index in [0.29, 0.717) is 6.42 Å². The summed E-state index contributed by atoms with van der Waals surface area (Å²) in [5.41, 5.74) is 5.09. The lowest BCUT2D eigenvalue weighted by Gasteiger charge is -2.13. The van der Waals surface area contributed by atoms with Gasteiger partial charge in [0.05, 0.1) is 12.8 Å². The molecule has 1 heterocycles. The standard InChI is InChI=1S/C16H17NO2/c1-10-15-12(7-5-8-13(15)18)16(17-10)11-6-3-4-9-14(11)19-2/h3-4,6,9,17H,5,7-8H2,1-2H3. The maximum Gasteiger partial charge on any atom is 0.164 e. The minimum Gasteiger partial charge on any atom is -0.496 e. The van der Waals surface area contributed by atoms with E-state index in [1.54, 1.807) is 7.11 Å². The van der Waals surface area contributed by atoms with Crippen molar-refractivity contribution < 1.29 is 9.53 Å². The molecule has 3 rings (SSSR count). The number of para-hydroxylation sites is 1. The lowest BCUT2D eigenvalue weighted by molar-refractivity contribution is 0.0972. The van der Waals surface area contributed by atoms with Crippen LogP contribution >= 0.6 is 0 Å². The molecule has 0 unspecified atom stereocenters. The summed E-state index contributed by atoms with van der Waals surface area (Å²) in [6.07, 6.45) is 2.56. The molecule has 0 bridgehead atoms. The summed E-state index contributed by atoms with van der Waals surface area (Å²) >= 11 is 0. The molecule has 0 spiro atoms. The third kappa shape index (κ3) is 1.86. The summed E-state index contributed by atoms with van der Waals surface area (Å²) in [5, 5.41) is 0. The van der Waals surface area contributed by atoms with Crippen LogP contribution in [-0.2, 0) is 6.42 Å². The fourth-order valence-electron chi connectivity index (χ4n) is 2.94. The highest BCUT2D eigenvalue weighted by atomic mass is 16.5. The molecule has 1 aromatic heterocycles. The zero-order valence-corrected chi connectivity index (χ0v) is 11.2. The van der Waals surface area contributed by atoms with Crippen molar-refractivity contribution in [2.24, 2.45) is 0 Å². The Hall–Kier alpha value is -2.03. The van der Waals surface area contributed by atoms with Gasteiger partial charge in [0, 0.05) is 23.2 Å². The number of ether oxygens (including phenoxy) is 1. The first kappa shape index (κ1) is 12.0. The Balaban J connectivity index is 2.22. The van der Waals surface area contributed by atoms with Crippen LogP contribution in [0.4, 0.5) is 0 Å². The first-order valence-electron chi connectivity index (χ1n) is 6.60. The van der Waals surface area contributed by atoms with Gasteiger partial charge < -0.3 is 9.72 Å². The van der Waals surface area contributed by atoms with Crippen LogP contribution in [0.25, 0.3) is 11.3 Å². The number of ketones is 1. The van der Waals surface area contributed by atoms with Gasteiger partial charge in [-0.2, -0.15) is 0 Å². The van der Waals surface area contributed by atoms with Gasteiger partial charge in [-0.15, -0.1) is 0 Å². The zero-order valence-electron chi connectivity index (χ0n) is 11.2. The number of rotatable bonds is 2. The number of carbonyl (C=O) groups excluding carboxylic acids is 1. The molecule has 1 aliphatic carbocycles. The first-order valence-corrected chi connectivity index (χ1v) is 6.60. The fourth-order valence-corrected chi connectivity index (χ4v) is 2.94. The molecule has 0 fully saturated rings. The Morgan fingerprint density at radius 2 is 2.00 bits per heavy atom. The SMILES string of the molecule is COc1ccccc1-c1[nH]c(C)c2c1CCCC2=O. The van der Waals surface area contributed by atoms with Gasteiger partial charge in [0.1, 0.15) is 5.75 Å². The molecular weight excluding hydrogens is 238 g/mol. The summed E-state index contributed by atoms with van der Waals surface area (Å²) in [7, 11) is 1.67. The zero-order chi connectivity index (χ0) is 13.4. The molecule has 1 aliphatic rings. The van der Waals surface area contributed by atoms with Crippen LogP contribution in [0.15, 0.2) is 24.3 Å². The van der Waals surface area contributed by atoms with Gasteiger partial charge in [0.15, 0.2) is 5.78 Å². The second kappa shape index (κ2) is 4.57. The van der Waals surface area contributed by atoms with E-state index in [-0.39, 0.29) is 5.78 Å². The average molecular weight is 255 g/mol. The summed E-state index contributed by atoms with van der Waals surface area (Å²) in [6.45, 7) is 1.97. The normalized spacial score (nSPS) is 14.3. The van der Waals surface area contributed by atoms with E-state index in [1.165, 1.54) is 0 Å². The van der Waals surface area contributed by atoms with Crippen LogP contribution in [0.3, 0.4) is 0 Å². The molecule has 0 atom stereocenters. The smallest absolute Gasteiger partial charge is 0.164 e. The number of aryl methyl sites for hydroxylation is 1. The van der Waals surface area contributed by atoms with Crippen molar-refractivity contribution in [1.82, 2.24) is 4.98 Å². The maximum absolute atomic E-state index is 12.1. The third-order valence-corrected chi connectivity index (χ3v) is 3.78. The average Bonchev–Trinajstić information content (AvgIpc) is 2.77. The molecule has 1 N–H and O–H groups in total. The number of carbonyl (C=O) groups is 1. The van der Waals surface area contributed by atoms with Crippen molar-refractivity contribution in [1.29, 1.82) is 0 Å². The van der Waals surface area contributed by atoms with Crippen molar-refractivity contribution in [3.8, 4) is 17.0 Å². The molecule has 3 heteroatoms. The number of H-pyrrole nitrogens is 1. The van der Waals surface area contributed by atoms with Crippen molar-refractivity contribution in [3.05, 3.63) is 41.1 Å². The van der Waals surface area contributed by atoms with Gasteiger partial charge >= 0.3 is 0 Å². The van der Waals surface area contributed by atoms with Crippen molar-refractivity contribution in [2.75, 3.05) is 7.11 Å². The van der Waals surface area contributed by atoms with E-state index in [2.05, 4.69) is 4.98 Å². The quantitative estimate of drug-likeness (QED) is 0.892. The molecule has 0 aliphatic heterocycles. The van der Waals surface area contributed by atoms with Gasteiger partial charge in [0.25, 0.3) is 0 Å². The minimum absolute atomic E-state index is 0.260. The highest BCUT2D eigenvalue weighted by Crippen LogP contribution is 2.37. The van der Waals surface area contributed by atoms with Crippen LogP contribution in [0.2, 0.25) is 0 Å². The first-order chi connectivity index (χ1) is 9.22. The molecule has 2 aromatic rings. The Kier molecular flexibility index (Phi) is 2.90. The lowest BCUT2D eigenvalue weighted by Crippen LogP contribution is -2.10. The van der Waals surface area contributed by atoms with E-state index >= 15 is 0 Å². The summed E-state index contributed by atoms with van der Waals surface area (Å²) in [5.74, 6) is 1.10. The van der Waals surface area contributed by atoms with Gasteiger partial charge in [-0.05, 0) is 37.5 Å². The van der Waals surface area contributed by atoms with Crippen LogP contribution in [0.5, 0.6) is 5.75 Å². The molecule has 98 valence electrons. The topological polar surface area (TPSA) is 42.1 Å². The largest absolute Gasteiger partial charge is 0.496 e. The molecule has 1 aromatic carbocycles. The molecule has 3 nitrogen and oxygen atoms in total. The van der Waals surface area contributed by atoms with Crippen molar-refractivity contribution in [2.45, 2.75) is 26.2 Å². The number of Topliss-reactive ketones (excluding diaryl/α,β-unsaturated/α-hetero) is 1. The molecule has 19 heavy (non-hydrogen) atoms. The Bertz CT molecular complexity index is 640. The Labute approximate surface area is 112 Å². The number of aromatic amines is 1. The van der Waals surface area contributed by atoms with E-state index in [4.69, 9.17) is 4.74 Å². The summed E-state index contributed by atoms with van der Waals surface area (Å²) in [4.78, 5) is 15.4. The van der Waals surface area contributed by atoms with Gasteiger partial charge in [0.2, 0.25) is 0 Å². The highest BCUT2D eigenvalue weighted by Gasteiger charge is 2.25. The number of nitrogens with one attached hydrogen (secondary N) is 1. The number of methoxy groups -OCH3 is 1. The van der Waals surface area contributed by atoms with Crippen LogP contribution in [0.1, 0.15) is 34.5 Å². The Morgan fingerprint density at radius 3 is 2.79 bits per heavy atom. The number of hydrogen-bond acceptors (Lipinski definition) is 2. The second-order valence-electron chi connectivity index (χ2n) is 4.96. The monoisotopic (exact) mass is 255 g/mol. The maximum atomic E-state index is 12.1. The molecule has 0 saturated heterocycles. The molecule has 0 amide bonds. The molecule has 0 radical (unpaired) electrons. The third-order valence-electron chi connectivity index (χ3n) is 3.78. The van der Waals surface area contributed by atoms with Crippen molar-refractivity contribution >= 4 is 5.78 Å². The number of aromatic nitrogens is 1. The predicted octanol–water partition coefficient (Wildman–Crippen LogP) is 3.52.